The van der Waals surface area contributed by atoms with Crippen molar-refractivity contribution < 1.29 is 15.0 Å². The van der Waals surface area contributed by atoms with E-state index in [1.165, 1.54) is 18.2 Å². The second kappa shape index (κ2) is 5.59. The number of nitrogens with one attached hydrogen (secondary N) is 1. The molecule has 0 aromatic heterocycles. The van der Waals surface area contributed by atoms with Crippen molar-refractivity contribution >= 4 is 17.5 Å². The molecule has 3 N–H and O–H groups in total. The van der Waals surface area contributed by atoms with Gasteiger partial charge in [-0.05, 0) is 31.0 Å². The fraction of sp³-hybridized carbons (Fsp3) is 0.462. The highest BCUT2D eigenvalue weighted by molar-refractivity contribution is 6.33. The Bertz CT molecular complexity index is 450. The van der Waals surface area contributed by atoms with Gasteiger partial charge in [0.2, 0.25) is 0 Å². The van der Waals surface area contributed by atoms with Gasteiger partial charge in [0, 0.05) is 18.6 Å². The molecular weight excluding hydrogens is 254 g/mol. The topological polar surface area (TPSA) is 69.6 Å². The minimum Gasteiger partial charge on any atom is -0.508 e. The number of benzene rings is 1. The lowest BCUT2D eigenvalue weighted by molar-refractivity contribution is 0.0916. The monoisotopic (exact) mass is 269 g/mol. The third-order valence-corrected chi connectivity index (χ3v) is 3.73. The van der Waals surface area contributed by atoms with E-state index in [0.29, 0.717) is 5.02 Å². The maximum Gasteiger partial charge on any atom is 0.253 e. The molecule has 2 atom stereocenters. The van der Waals surface area contributed by atoms with Gasteiger partial charge in [-0.25, -0.2) is 0 Å². The van der Waals surface area contributed by atoms with Crippen molar-refractivity contribution in [2.24, 2.45) is 5.92 Å². The number of halogens is 1. The van der Waals surface area contributed by atoms with Crippen LogP contribution < -0.4 is 5.32 Å². The van der Waals surface area contributed by atoms with E-state index in [0.717, 1.165) is 19.3 Å². The van der Waals surface area contributed by atoms with Gasteiger partial charge in [0.15, 0.2) is 0 Å². The van der Waals surface area contributed by atoms with Crippen LogP contribution in [-0.2, 0) is 0 Å². The van der Waals surface area contributed by atoms with Gasteiger partial charge in [0.25, 0.3) is 5.91 Å². The number of amides is 1. The number of phenolic OH excluding ortho intramolecular Hbond substituents is 1. The van der Waals surface area contributed by atoms with Crippen LogP contribution in [0.5, 0.6) is 5.75 Å². The van der Waals surface area contributed by atoms with Crippen LogP contribution in [0.1, 0.15) is 29.6 Å². The van der Waals surface area contributed by atoms with Crippen LogP contribution in [0, 0.1) is 5.92 Å². The predicted octanol–water partition coefficient (Wildman–Crippen LogP) is 1.94. The third-order valence-electron chi connectivity index (χ3n) is 3.40. The molecule has 4 nitrogen and oxygen atoms in total. The normalized spacial score (nSPS) is 23.0. The molecule has 0 saturated heterocycles. The molecule has 1 aliphatic rings. The van der Waals surface area contributed by atoms with E-state index in [9.17, 15) is 15.0 Å². The molecule has 1 amide bonds. The van der Waals surface area contributed by atoms with E-state index in [1.54, 1.807) is 0 Å². The second-order valence-electron chi connectivity index (χ2n) is 4.62. The van der Waals surface area contributed by atoms with Crippen molar-refractivity contribution in [3.05, 3.63) is 28.8 Å². The van der Waals surface area contributed by atoms with Gasteiger partial charge >= 0.3 is 0 Å². The summed E-state index contributed by atoms with van der Waals surface area (Å²) < 4.78 is 0. The highest BCUT2D eigenvalue weighted by atomic mass is 35.5. The zero-order chi connectivity index (χ0) is 13.1. The quantitative estimate of drug-likeness (QED) is 0.785. The molecule has 0 bridgehead atoms. The molecule has 2 unspecified atom stereocenters. The summed E-state index contributed by atoms with van der Waals surface area (Å²) in [4.78, 5) is 12.0. The Labute approximate surface area is 111 Å². The first-order chi connectivity index (χ1) is 8.61. The Kier molecular flexibility index (Phi) is 4.09. The van der Waals surface area contributed by atoms with Crippen LogP contribution in [0.4, 0.5) is 0 Å². The Hall–Kier alpha value is -1.26. The molecule has 2 rings (SSSR count). The molecule has 0 heterocycles. The van der Waals surface area contributed by atoms with Crippen LogP contribution in [0.2, 0.25) is 5.02 Å². The van der Waals surface area contributed by atoms with Gasteiger partial charge < -0.3 is 15.5 Å². The van der Waals surface area contributed by atoms with Gasteiger partial charge in [-0.2, -0.15) is 0 Å². The van der Waals surface area contributed by atoms with Gasteiger partial charge in [0.05, 0.1) is 10.6 Å². The van der Waals surface area contributed by atoms with Gasteiger partial charge in [-0.15, -0.1) is 0 Å². The number of rotatable bonds is 3. The zero-order valence-electron chi connectivity index (χ0n) is 9.90. The first-order valence-electron chi connectivity index (χ1n) is 6.02. The lowest BCUT2D eigenvalue weighted by atomic mass is 10.0. The molecule has 1 aromatic carbocycles. The summed E-state index contributed by atoms with van der Waals surface area (Å²) >= 11 is 5.93. The molecule has 1 aromatic rings. The number of aliphatic hydroxyl groups excluding tert-OH is 1. The van der Waals surface area contributed by atoms with Crippen molar-refractivity contribution in [2.45, 2.75) is 25.3 Å². The van der Waals surface area contributed by atoms with Gasteiger partial charge in [0.1, 0.15) is 5.75 Å². The van der Waals surface area contributed by atoms with E-state index in [2.05, 4.69) is 5.32 Å². The summed E-state index contributed by atoms with van der Waals surface area (Å²) in [5.74, 6) is -0.180. The minimum absolute atomic E-state index is 0.00896. The van der Waals surface area contributed by atoms with E-state index < -0.39 is 0 Å². The molecule has 5 heteroatoms. The fourth-order valence-electron chi connectivity index (χ4n) is 2.38. The maximum absolute atomic E-state index is 12.0. The number of aliphatic hydroxyl groups is 1. The van der Waals surface area contributed by atoms with Crippen LogP contribution in [0.3, 0.4) is 0 Å². The molecule has 0 spiro atoms. The summed E-state index contributed by atoms with van der Waals surface area (Å²) in [7, 11) is 0. The maximum atomic E-state index is 12.0. The molecule has 1 fully saturated rings. The number of phenols is 1. The Morgan fingerprint density at radius 1 is 1.44 bits per heavy atom. The molecular formula is C13H16ClNO3. The van der Waals surface area contributed by atoms with Crippen LogP contribution in [-0.4, -0.2) is 28.8 Å². The van der Waals surface area contributed by atoms with Crippen LogP contribution in [0.15, 0.2) is 18.2 Å². The number of carbonyl (C=O) groups excluding carboxylic acids is 1. The number of hydrogen-bond donors (Lipinski definition) is 3. The van der Waals surface area contributed by atoms with E-state index >= 15 is 0 Å². The standard InChI is InChI=1S/C13H16ClNO3/c14-11-5-4-9(17)6-10(11)13(18)15-12-3-1-2-8(12)7-16/h4-6,8,12,16-17H,1-3,7H2,(H,15,18). The highest BCUT2D eigenvalue weighted by Gasteiger charge is 2.28. The first kappa shape index (κ1) is 13.2. The average molecular weight is 270 g/mol. The fourth-order valence-corrected chi connectivity index (χ4v) is 2.58. The second-order valence-corrected chi connectivity index (χ2v) is 5.02. The minimum atomic E-state index is -0.304. The van der Waals surface area contributed by atoms with E-state index in [-0.39, 0.29) is 35.8 Å². The van der Waals surface area contributed by atoms with Crippen LogP contribution >= 0.6 is 11.6 Å². The summed E-state index contributed by atoms with van der Waals surface area (Å²) in [6.45, 7) is 0.0821. The van der Waals surface area contributed by atoms with Gasteiger partial charge in [-0.1, -0.05) is 18.0 Å². The third kappa shape index (κ3) is 2.76. The summed E-state index contributed by atoms with van der Waals surface area (Å²) in [6, 6.07) is 4.26. The smallest absolute Gasteiger partial charge is 0.253 e. The van der Waals surface area contributed by atoms with Crippen molar-refractivity contribution in [3.8, 4) is 5.75 Å². The Morgan fingerprint density at radius 3 is 2.94 bits per heavy atom. The van der Waals surface area contributed by atoms with Crippen molar-refractivity contribution in [1.29, 1.82) is 0 Å². The molecule has 0 radical (unpaired) electrons. The number of aromatic hydroxyl groups is 1. The SMILES string of the molecule is O=C(NC1CCCC1CO)c1cc(O)ccc1Cl. The highest BCUT2D eigenvalue weighted by Crippen LogP contribution is 2.26. The Morgan fingerprint density at radius 2 is 2.22 bits per heavy atom. The van der Waals surface area contributed by atoms with Gasteiger partial charge in [-0.3, -0.25) is 4.79 Å². The van der Waals surface area contributed by atoms with Crippen molar-refractivity contribution in [2.75, 3.05) is 6.61 Å². The molecule has 98 valence electrons. The predicted molar refractivity (Wildman–Crippen MR) is 68.8 cm³/mol. The summed E-state index contributed by atoms with van der Waals surface area (Å²) in [5.41, 5.74) is 0.264. The van der Waals surface area contributed by atoms with Crippen molar-refractivity contribution in [1.82, 2.24) is 5.32 Å². The lowest BCUT2D eigenvalue weighted by Gasteiger charge is -2.19. The number of carbonyl (C=O) groups is 1. The molecule has 1 saturated carbocycles. The average Bonchev–Trinajstić information content (AvgIpc) is 2.79. The van der Waals surface area contributed by atoms with Crippen molar-refractivity contribution in [3.63, 3.8) is 0 Å². The van der Waals surface area contributed by atoms with E-state index in [4.69, 9.17) is 11.6 Å². The largest absolute Gasteiger partial charge is 0.508 e. The van der Waals surface area contributed by atoms with Crippen LogP contribution in [0.25, 0.3) is 0 Å². The summed E-state index contributed by atoms with van der Waals surface area (Å²) in [6.07, 6.45) is 2.80. The lowest BCUT2D eigenvalue weighted by Crippen LogP contribution is -2.38. The summed E-state index contributed by atoms with van der Waals surface area (Å²) in [5, 5.41) is 21.7. The molecule has 1 aliphatic carbocycles. The number of hydrogen-bond acceptors (Lipinski definition) is 3. The van der Waals surface area contributed by atoms with E-state index in [1.807, 2.05) is 0 Å². The molecule has 0 aliphatic heterocycles. The Balaban J connectivity index is 2.09. The zero-order valence-corrected chi connectivity index (χ0v) is 10.7. The molecule has 18 heavy (non-hydrogen) atoms. The first-order valence-corrected chi connectivity index (χ1v) is 6.40.